The van der Waals surface area contributed by atoms with Gasteiger partial charge in [0, 0.05) is 0 Å². The van der Waals surface area contributed by atoms with E-state index in [0.29, 0.717) is 13.2 Å². The molecule has 0 radical (unpaired) electrons. The summed E-state index contributed by atoms with van der Waals surface area (Å²) in [6.45, 7) is 4.69. The Morgan fingerprint density at radius 2 is 1.04 bits per heavy atom. The number of hydrogen-bond acceptors (Lipinski definition) is 4. The Morgan fingerprint density at radius 3 is 1.46 bits per heavy atom. The molecule has 0 aromatic heterocycles. The predicted octanol–water partition coefficient (Wildman–Crippen LogP) is 5.57. The third-order valence-electron chi connectivity index (χ3n) is 4.24. The van der Waals surface area contributed by atoms with E-state index in [1.54, 1.807) is 0 Å². The standard InChI is InChI=1S/C24H24N2O2/c1-19(23-12-5-3-6-13-23)25-27-17-21-10-9-11-22(16-21)18-28-26-20(2)24-14-7-4-8-15-24/h3-16H,17-18H2,1-2H3. The van der Waals surface area contributed by atoms with E-state index in [-0.39, 0.29) is 0 Å². The molecule has 0 aliphatic heterocycles. The van der Waals surface area contributed by atoms with Crippen LogP contribution in [0, 0.1) is 0 Å². The third kappa shape index (κ3) is 5.81. The average molecular weight is 372 g/mol. The zero-order valence-electron chi connectivity index (χ0n) is 16.2. The normalized spacial score (nSPS) is 11.9. The van der Waals surface area contributed by atoms with Gasteiger partial charge < -0.3 is 9.68 Å². The highest BCUT2D eigenvalue weighted by Gasteiger charge is 2.00. The number of oxime groups is 2. The lowest BCUT2D eigenvalue weighted by Gasteiger charge is -2.06. The average Bonchev–Trinajstić information content (AvgIpc) is 2.75. The zero-order chi connectivity index (χ0) is 19.6. The zero-order valence-corrected chi connectivity index (χ0v) is 16.2. The van der Waals surface area contributed by atoms with Crippen molar-refractivity contribution in [3.05, 3.63) is 107 Å². The molecule has 142 valence electrons. The van der Waals surface area contributed by atoms with Crippen LogP contribution in [0.25, 0.3) is 0 Å². The van der Waals surface area contributed by atoms with Crippen LogP contribution in [0.5, 0.6) is 0 Å². The minimum Gasteiger partial charge on any atom is -0.391 e. The van der Waals surface area contributed by atoms with E-state index in [4.69, 9.17) is 9.68 Å². The summed E-state index contributed by atoms with van der Waals surface area (Å²) >= 11 is 0. The van der Waals surface area contributed by atoms with Crippen LogP contribution in [0.2, 0.25) is 0 Å². The van der Waals surface area contributed by atoms with Gasteiger partial charge in [-0.1, -0.05) is 89.2 Å². The molecule has 0 aliphatic rings. The van der Waals surface area contributed by atoms with Gasteiger partial charge in [0.15, 0.2) is 0 Å². The second-order valence-electron chi connectivity index (χ2n) is 6.45. The third-order valence-corrected chi connectivity index (χ3v) is 4.24. The SMILES string of the molecule is CC(=NOCc1cccc(CON=C(C)c2ccccc2)c1)c1ccccc1. The van der Waals surface area contributed by atoms with E-state index >= 15 is 0 Å². The largest absolute Gasteiger partial charge is 0.391 e. The van der Waals surface area contributed by atoms with Crippen molar-refractivity contribution in [2.24, 2.45) is 10.3 Å². The first-order valence-electron chi connectivity index (χ1n) is 9.24. The highest BCUT2D eigenvalue weighted by atomic mass is 16.6. The summed E-state index contributed by atoms with van der Waals surface area (Å²) in [5, 5.41) is 8.40. The van der Waals surface area contributed by atoms with Gasteiger partial charge in [0.2, 0.25) is 0 Å². The number of nitrogens with zero attached hydrogens (tertiary/aromatic N) is 2. The molecule has 0 unspecified atom stereocenters. The first kappa shape index (κ1) is 19.4. The molecule has 0 saturated carbocycles. The molecule has 28 heavy (non-hydrogen) atoms. The molecule has 3 rings (SSSR count). The van der Waals surface area contributed by atoms with Crippen LogP contribution in [0.3, 0.4) is 0 Å². The molecular weight excluding hydrogens is 348 g/mol. The lowest BCUT2D eigenvalue weighted by atomic mass is 10.1. The molecule has 0 bridgehead atoms. The molecule has 0 amide bonds. The summed E-state index contributed by atoms with van der Waals surface area (Å²) in [6.07, 6.45) is 0. The maximum Gasteiger partial charge on any atom is 0.142 e. The maximum atomic E-state index is 5.51. The van der Waals surface area contributed by atoms with Gasteiger partial charge in [0.05, 0.1) is 11.4 Å². The fraction of sp³-hybridized carbons (Fsp3) is 0.167. The second kappa shape index (κ2) is 10.1. The molecule has 0 saturated heterocycles. The molecule has 0 N–H and O–H groups in total. The number of hydrogen-bond donors (Lipinski definition) is 0. The Hall–Kier alpha value is -3.40. The Kier molecular flexibility index (Phi) is 6.96. The molecule has 0 fully saturated rings. The summed E-state index contributed by atoms with van der Waals surface area (Å²) in [5.74, 6) is 0. The maximum absolute atomic E-state index is 5.51. The van der Waals surface area contributed by atoms with Crippen molar-refractivity contribution in [1.82, 2.24) is 0 Å². The molecule has 4 heteroatoms. The Balaban J connectivity index is 1.53. The number of benzene rings is 3. The summed E-state index contributed by atoms with van der Waals surface area (Å²) in [5.41, 5.74) is 5.88. The molecule has 3 aromatic rings. The van der Waals surface area contributed by atoms with Crippen molar-refractivity contribution < 1.29 is 9.68 Å². The van der Waals surface area contributed by atoms with Gasteiger partial charge in [0.1, 0.15) is 13.2 Å². The van der Waals surface area contributed by atoms with Crippen LogP contribution in [-0.4, -0.2) is 11.4 Å². The fourth-order valence-electron chi connectivity index (χ4n) is 2.68. The predicted molar refractivity (Wildman–Crippen MR) is 113 cm³/mol. The van der Waals surface area contributed by atoms with E-state index in [1.807, 2.05) is 98.8 Å². The summed E-state index contributed by atoms with van der Waals surface area (Å²) in [6, 6.07) is 28.0. The molecule has 3 aromatic carbocycles. The molecule has 0 spiro atoms. The van der Waals surface area contributed by atoms with Crippen molar-refractivity contribution in [1.29, 1.82) is 0 Å². The van der Waals surface area contributed by atoms with Gasteiger partial charge in [-0.15, -0.1) is 0 Å². The van der Waals surface area contributed by atoms with Gasteiger partial charge >= 0.3 is 0 Å². The van der Waals surface area contributed by atoms with Crippen LogP contribution < -0.4 is 0 Å². The van der Waals surface area contributed by atoms with Crippen LogP contribution >= 0.6 is 0 Å². The minimum atomic E-state index is 0.407. The summed E-state index contributed by atoms with van der Waals surface area (Å²) in [7, 11) is 0. The van der Waals surface area contributed by atoms with E-state index in [1.165, 1.54) is 0 Å². The molecular formula is C24H24N2O2. The van der Waals surface area contributed by atoms with Gasteiger partial charge in [0.25, 0.3) is 0 Å². The summed E-state index contributed by atoms with van der Waals surface area (Å²) in [4.78, 5) is 11.0. The van der Waals surface area contributed by atoms with Gasteiger partial charge in [-0.3, -0.25) is 0 Å². The van der Waals surface area contributed by atoms with Gasteiger partial charge in [-0.25, -0.2) is 0 Å². The topological polar surface area (TPSA) is 43.2 Å². The number of rotatable bonds is 8. The molecule has 0 aliphatic carbocycles. The van der Waals surface area contributed by atoms with Crippen molar-refractivity contribution in [2.45, 2.75) is 27.1 Å². The molecule has 0 atom stereocenters. The highest BCUT2D eigenvalue weighted by molar-refractivity contribution is 5.98. The first-order valence-corrected chi connectivity index (χ1v) is 9.24. The van der Waals surface area contributed by atoms with E-state index in [9.17, 15) is 0 Å². The second-order valence-corrected chi connectivity index (χ2v) is 6.45. The Morgan fingerprint density at radius 1 is 0.607 bits per heavy atom. The van der Waals surface area contributed by atoms with Crippen LogP contribution in [0.1, 0.15) is 36.1 Å². The van der Waals surface area contributed by atoms with Crippen LogP contribution in [0.15, 0.2) is 95.2 Å². The lowest BCUT2D eigenvalue weighted by molar-refractivity contribution is 0.126. The van der Waals surface area contributed by atoms with Crippen molar-refractivity contribution in [2.75, 3.05) is 0 Å². The Labute approximate surface area is 166 Å². The van der Waals surface area contributed by atoms with Gasteiger partial charge in [-0.2, -0.15) is 0 Å². The monoisotopic (exact) mass is 372 g/mol. The summed E-state index contributed by atoms with van der Waals surface area (Å²) < 4.78 is 0. The first-order chi connectivity index (χ1) is 13.7. The highest BCUT2D eigenvalue weighted by Crippen LogP contribution is 2.10. The van der Waals surface area contributed by atoms with Crippen LogP contribution in [0.4, 0.5) is 0 Å². The van der Waals surface area contributed by atoms with Crippen molar-refractivity contribution in [3.63, 3.8) is 0 Å². The van der Waals surface area contributed by atoms with E-state index in [0.717, 1.165) is 33.7 Å². The van der Waals surface area contributed by atoms with Crippen molar-refractivity contribution >= 4 is 11.4 Å². The van der Waals surface area contributed by atoms with Crippen molar-refractivity contribution in [3.8, 4) is 0 Å². The van der Waals surface area contributed by atoms with Crippen LogP contribution in [-0.2, 0) is 22.9 Å². The quantitative estimate of drug-likeness (QED) is 0.383. The van der Waals surface area contributed by atoms with E-state index < -0.39 is 0 Å². The molecule has 4 nitrogen and oxygen atoms in total. The van der Waals surface area contributed by atoms with E-state index in [2.05, 4.69) is 10.3 Å². The lowest BCUT2D eigenvalue weighted by Crippen LogP contribution is -1.98. The van der Waals surface area contributed by atoms with Gasteiger partial charge in [-0.05, 0) is 42.2 Å². The fourth-order valence-corrected chi connectivity index (χ4v) is 2.68. The molecule has 0 heterocycles. The Bertz CT molecular complexity index is 860. The smallest absolute Gasteiger partial charge is 0.142 e. The minimum absolute atomic E-state index is 0.407.